The van der Waals surface area contributed by atoms with E-state index in [0.29, 0.717) is 11.4 Å². The van der Waals surface area contributed by atoms with Crippen molar-refractivity contribution in [3.8, 4) is 5.69 Å². The lowest BCUT2D eigenvalue weighted by atomic mass is 9.86. The maximum Gasteiger partial charge on any atom is 0.275 e. The molecule has 1 heterocycles. The monoisotopic (exact) mass is 385 g/mol. The van der Waals surface area contributed by atoms with Crippen LogP contribution < -0.4 is 5.56 Å². The molecule has 5 nitrogen and oxygen atoms in total. The maximum absolute atomic E-state index is 13.6. The summed E-state index contributed by atoms with van der Waals surface area (Å²) in [6.45, 7) is 0. The number of nitrogens with zero attached hydrogens (tertiary/aromatic N) is 3. The van der Waals surface area contributed by atoms with Gasteiger partial charge in [-0.3, -0.25) is 9.59 Å². The highest BCUT2D eigenvalue weighted by atomic mass is 16.2. The molecule has 2 aliphatic rings. The van der Waals surface area contributed by atoms with Gasteiger partial charge in [0.1, 0.15) is 5.69 Å². The summed E-state index contributed by atoms with van der Waals surface area (Å²) in [5.41, 5.74) is 3.34. The third-order valence-corrected chi connectivity index (χ3v) is 5.87. The number of para-hydroxylation sites is 1. The van der Waals surface area contributed by atoms with E-state index < -0.39 is 0 Å². The molecule has 1 saturated carbocycles. The van der Waals surface area contributed by atoms with Crippen molar-refractivity contribution in [2.24, 2.45) is 0 Å². The number of carbonyl (C=O) groups excluding carboxylic acids is 1. The standard InChI is InChI=1S/C24H23N3O2/c28-23-16-15-21(25-27(23)19-9-2-1-3-10-19)24(29)26(18-13-14-18)22-12-6-8-17-7-4-5-11-20(17)22/h1-5,7,9-11,15-16,18,22H,6,8,12-14H2. The van der Waals surface area contributed by atoms with Crippen molar-refractivity contribution in [2.45, 2.75) is 44.2 Å². The molecule has 0 N–H and O–H groups in total. The fourth-order valence-corrected chi connectivity index (χ4v) is 4.34. The predicted molar refractivity (Wildman–Crippen MR) is 111 cm³/mol. The molecule has 2 aliphatic carbocycles. The van der Waals surface area contributed by atoms with E-state index in [2.05, 4.69) is 29.4 Å². The topological polar surface area (TPSA) is 55.2 Å². The smallest absolute Gasteiger partial charge is 0.275 e. The van der Waals surface area contributed by atoms with Crippen LogP contribution in [0.4, 0.5) is 0 Å². The van der Waals surface area contributed by atoms with E-state index in [1.165, 1.54) is 21.9 Å². The fourth-order valence-electron chi connectivity index (χ4n) is 4.34. The second kappa shape index (κ2) is 7.32. The predicted octanol–water partition coefficient (Wildman–Crippen LogP) is 3.91. The lowest BCUT2D eigenvalue weighted by Gasteiger charge is -2.36. The van der Waals surface area contributed by atoms with Crippen molar-refractivity contribution in [2.75, 3.05) is 0 Å². The van der Waals surface area contributed by atoms with Crippen molar-refractivity contribution in [3.05, 3.63) is 93.9 Å². The zero-order valence-electron chi connectivity index (χ0n) is 16.2. The second-order valence-corrected chi connectivity index (χ2v) is 7.85. The van der Waals surface area contributed by atoms with Crippen molar-refractivity contribution in [1.82, 2.24) is 14.7 Å². The Kier molecular flexibility index (Phi) is 4.51. The van der Waals surface area contributed by atoms with Gasteiger partial charge in [-0.1, -0.05) is 42.5 Å². The highest BCUT2D eigenvalue weighted by Gasteiger charge is 2.40. The number of hydrogen-bond acceptors (Lipinski definition) is 3. The molecule has 1 fully saturated rings. The van der Waals surface area contributed by atoms with Gasteiger partial charge in [0.05, 0.1) is 11.7 Å². The zero-order valence-corrected chi connectivity index (χ0v) is 16.2. The Morgan fingerprint density at radius 2 is 1.69 bits per heavy atom. The van der Waals surface area contributed by atoms with Crippen LogP contribution >= 0.6 is 0 Å². The number of benzene rings is 2. The van der Waals surface area contributed by atoms with Gasteiger partial charge in [-0.25, -0.2) is 0 Å². The Labute approximate surface area is 169 Å². The van der Waals surface area contributed by atoms with Gasteiger partial charge >= 0.3 is 0 Å². The molecule has 1 atom stereocenters. The number of carbonyl (C=O) groups is 1. The molecule has 1 amide bonds. The Bertz CT molecular complexity index is 1100. The third-order valence-electron chi connectivity index (χ3n) is 5.87. The third kappa shape index (κ3) is 3.37. The molecule has 0 spiro atoms. The first-order valence-corrected chi connectivity index (χ1v) is 10.3. The normalized spacial score (nSPS) is 18.1. The minimum Gasteiger partial charge on any atom is -0.327 e. The summed E-state index contributed by atoms with van der Waals surface area (Å²) in [6, 6.07) is 21.0. The van der Waals surface area contributed by atoms with Crippen LogP contribution in [0.5, 0.6) is 0 Å². The highest BCUT2D eigenvalue weighted by molar-refractivity contribution is 5.93. The van der Waals surface area contributed by atoms with E-state index >= 15 is 0 Å². The average molecular weight is 385 g/mol. The molecule has 1 unspecified atom stereocenters. The van der Waals surface area contributed by atoms with Gasteiger partial charge in [-0.05, 0) is 61.4 Å². The first kappa shape index (κ1) is 17.9. The van der Waals surface area contributed by atoms with Crippen LogP contribution in [0.1, 0.15) is 53.3 Å². The van der Waals surface area contributed by atoms with E-state index in [4.69, 9.17) is 0 Å². The lowest BCUT2D eigenvalue weighted by molar-refractivity contribution is 0.0629. The highest BCUT2D eigenvalue weighted by Crippen LogP contribution is 2.41. The minimum absolute atomic E-state index is 0.0823. The molecule has 2 aromatic carbocycles. The second-order valence-electron chi connectivity index (χ2n) is 7.85. The quantitative estimate of drug-likeness (QED) is 0.684. The summed E-state index contributed by atoms with van der Waals surface area (Å²) in [5.74, 6) is -0.0844. The minimum atomic E-state index is -0.242. The van der Waals surface area contributed by atoms with Gasteiger partial charge in [-0.2, -0.15) is 9.78 Å². The molecule has 146 valence electrons. The lowest BCUT2D eigenvalue weighted by Crippen LogP contribution is -2.39. The SMILES string of the molecule is O=C(c1ccc(=O)n(-c2ccccc2)n1)N(C1CC1)C1CCCc2ccccc21. The summed E-state index contributed by atoms with van der Waals surface area (Å²) in [6.07, 6.45) is 5.18. The van der Waals surface area contributed by atoms with Gasteiger partial charge in [0, 0.05) is 12.1 Å². The van der Waals surface area contributed by atoms with Crippen LogP contribution in [0.15, 0.2) is 71.5 Å². The van der Waals surface area contributed by atoms with Crippen LogP contribution in [0.3, 0.4) is 0 Å². The summed E-state index contributed by atoms with van der Waals surface area (Å²) >= 11 is 0. The van der Waals surface area contributed by atoms with Gasteiger partial charge in [0.25, 0.3) is 11.5 Å². The maximum atomic E-state index is 13.6. The van der Waals surface area contributed by atoms with Crippen molar-refractivity contribution < 1.29 is 4.79 Å². The molecule has 0 saturated heterocycles. The van der Waals surface area contributed by atoms with Crippen LogP contribution in [0.2, 0.25) is 0 Å². The number of amides is 1. The molecule has 5 rings (SSSR count). The number of aromatic nitrogens is 2. The van der Waals surface area contributed by atoms with Crippen molar-refractivity contribution >= 4 is 5.91 Å². The zero-order chi connectivity index (χ0) is 19.8. The summed E-state index contributed by atoms with van der Waals surface area (Å²) in [5, 5.41) is 4.44. The molecule has 0 bridgehead atoms. The van der Waals surface area contributed by atoms with E-state index in [1.54, 1.807) is 6.07 Å². The summed E-state index contributed by atoms with van der Waals surface area (Å²) in [7, 11) is 0. The Morgan fingerprint density at radius 3 is 2.48 bits per heavy atom. The number of fused-ring (bicyclic) bond motifs is 1. The molecule has 0 radical (unpaired) electrons. The summed E-state index contributed by atoms with van der Waals surface area (Å²) < 4.78 is 1.31. The van der Waals surface area contributed by atoms with Gasteiger partial charge in [0.2, 0.25) is 0 Å². The molecular formula is C24H23N3O2. The van der Waals surface area contributed by atoms with E-state index in [1.807, 2.05) is 35.2 Å². The van der Waals surface area contributed by atoms with E-state index in [9.17, 15) is 9.59 Å². The van der Waals surface area contributed by atoms with E-state index in [0.717, 1.165) is 32.1 Å². The van der Waals surface area contributed by atoms with Crippen LogP contribution in [0, 0.1) is 0 Å². The molecule has 1 aromatic heterocycles. The van der Waals surface area contributed by atoms with Crippen LogP contribution in [0.25, 0.3) is 5.69 Å². The van der Waals surface area contributed by atoms with Crippen molar-refractivity contribution in [1.29, 1.82) is 0 Å². The first-order chi connectivity index (χ1) is 14.2. The van der Waals surface area contributed by atoms with Gasteiger partial charge in [-0.15, -0.1) is 0 Å². The Balaban J connectivity index is 1.53. The Hall–Kier alpha value is -3.21. The number of rotatable bonds is 4. The average Bonchev–Trinajstić information content (AvgIpc) is 3.60. The molecule has 29 heavy (non-hydrogen) atoms. The Morgan fingerprint density at radius 1 is 0.931 bits per heavy atom. The number of hydrogen-bond donors (Lipinski definition) is 0. The molecular weight excluding hydrogens is 362 g/mol. The fraction of sp³-hybridized carbons (Fsp3) is 0.292. The van der Waals surface area contributed by atoms with Crippen molar-refractivity contribution in [3.63, 3.8) is 0 Å². The molecule has 5 heteroatoms. The largest absolute Gasteiger partial charge is 0.327 e. The van der Waals surface area contributed by atoms with E-state index in [-0.39, 0.29) is 23.6 Å². The van der Waals surface area contributed by atoms with Crippen LogP contribution in [-0.4, -0.2) is 26.6 Å². The van der Waals surface area contributed by atoms with Gasteiger partial charge < -0.3 is 4.90 Å². The molecule has 0 aliphatic heterocycles. The summed E-state index contributed by atoms with van der Waals surface area (Å²) in [4.78, 5) is 28.0. The van der Waals surface area contributed by atoms with Gasteiger partial charge in [0.15, 0.2) is 0 Å². The first-order valence-electron chi connectivity index (χ1n) is 10.3. The number of aryl methyl sites for hydroxylation is 1. The molecule has 3 aromatic rings. The van der Waals surface area contributed by atoms with Crippen LogP contribution in [-0.2, 0) is 6.42 Å².